The van der Waals surface area contributed by atoms with Crippen LogP contribution in [0, 0.1) is 19.6 Å². The van der Waals surface area contributed by atoms with E-state index in [-0.39, 0.29) is 11.6 Å². The summed E-state index contributed by atoms with van der Waals surface area (Å²) < 4.78 is 5.50. The van der Waals surface area contributed by atoms with Gasteiger partial charge in [0.2, 0.25) is 0 Å². The van der Waals surface area contributed by atoms with Crippen LogP contribution in [-0.2, 0) is 9.53 Å². The molecule has 0 saturated carbocycles. The fourth-order valence-electron chi connectivity index (χ4n) is 1.79. The first-order chi connectivity index (χ1) is 9.35. The quantitative estimate of drug-likeness (QED) is 0.348. The molecule has 0 aliphatic heterocycles. The van der Waals surface area contributed by atoms with Crippen molar-refractivity contribution >= 4 is 39.9 Å². The smallest absolute Gasteiger partial charge is 0.328 e. The van der Waals surface area contributed by atoms with Crippen LogP contribution >= 0.6 is 22.6 Å². The summed E-state index contributed by atoms with van der Waals surface area (Å²) in [6.07, 6.45) is 0.538. The lowest BCUT2D eigenvalue weighted by atomic mass is 10.0. The van der Waals surface area contributed by atoms with Crippen molar-refractivity contribution in [2.24, 2.45) is 5.92 Å². The average Bonchev–Trinajstić information content (AvgIpc) is 2.38. The van der Waals surface area contributed by atoms with E-state index >= 15 is 0 Å². The van der Waals surface area contributed by atoms with Gasteiger partial charge in [0, 0.05) is 9.64 Å². The largest absolute Gasteiger partial charge is 0.467 e. The molecule has 0 heterocycles. The highest BCUT2D eigenvalue weighted by Crippen LogP contribution is 2.27. The van der Waals surface area contributed by atoms with Gasteiger partial charge in [0.05, 0.1) is 12.0 Å². The lowest BCUT2D eigenvalue weighted by Crippen LogP contribution is -2.32. The Labute approximate surface area is 131 Å². The molecule has 1 atom stereocenters. The Hall–Kier alpha value is -1.38. The Morgan fingerprint density at radius 3 is 2.65 bits per heavy atom. The van der Waals surface area contributed by atoms with Crippen LogP contribution in [0.3, 0.4) is 0 Å². The van der Waals surface area contributed by atoms with E-state index < -0.39 is 16.9 Å². The van der Waals surface area contributed by atoms with Crippen LogP contribution in [0.1, 0.15) is 20.3 Å². The highest BCUT2D eigenvalue weighted by molar-refractivity contribution is 14.1. The van der Waals surface area contributed by atoms with E-state index in [4.69, 9.17) is 4.74 Å². The van der Waals surface area contributed by atoms with Gasteiger partial charge in [-0.3, -0.25) is 10.1 Å². The summed E-state index contributed by atoms with van der Waals surface area (Å²) in [4.78, 5) is 22.3. The van der Waals surface area contributed by atoms with Crippen LogP contribution in [0.25, 0.3) is 0 Å². The second-order valence-electron chi connectivity index (χ2n) is 4.77. The van der Waals surface area contributed by atoms with E-state index in [0.29, 0.717) is 12.1 Å². The van der Waals surface area contributed by atoms with E-state index in [1.165, 1.54) is 13.2 Å². The third-order valence-electron chi connectivity index (χ3n) is 2.68. The fraction of sp³-hybridized carbons (Fsp3) is 0.462. The van der Waals surface area contributed by atoms with Crippen LogP contribution in [0.2, 0.25) is 0 Å². The molecule has 0 bridgehead atoms. The molecular weight excluding hydrogens is 375 g/mol. The first kappa shape index (κ1) is 16.7. The molecular formula is C13H17IN2O4. The molecule has 0 amide bonds. The Morgan fingerprint density at radius 2 is 2.15 bits per heavy atom. The van der Waals surface area contributed by atoms with Crippen molar-refractivity contribution in [2.45, 2.75) is 26.3 Å². The summed E-state index contributed by atoms with van der Waals surface area (Å²) in [7, 11) is 1.31. The van der Waals surface area contributed by atoms with Crippen molar-refractivity contribution in [3.63, 3.8) is 0 Å². The average molecular weight is 392 g/mol. The number of anilines is 1. The molecule has 0 spiro atoms. The minimum atomic E-state index is -0.598. The molecule has 1 rings (SSSR count). The molecule has 0 fully saturated rings. The number of hydrogen-bond donors (Lipinski definition) is 1. The van der Waals surface area contributed by atoms with Crippen LogP contribution in [0.4, 0.5) is 11.4 Å². The van der Waals surface area contributed by atoms with Crippen molar-refractivity contribution in [3.8, 4) is 0 Å². The highest BCUT2D eigenvalue weighted by atomic mass is 127. The number of hydrogen-bond acceptors (Lipinski definition) is 5. The number of methoxy groups -OCH3 is 1. The Balaban J connectivity index is 3.04. The zero-order valence-corrected chi connectivity index (χ0v) is 13.7. The normalized spacial score (nSPS) is 12.1. The number of nitrogens with zero attached hydrogens (tertiary/aromatic N) is 1. The van der Waals surface area contributed by atoms with Gasteiger partial charge >= 0.3 is 5.97 Å². The first-order valence-corrected chi connectivity index (χ1v) is 7.21. The van der Waals surface area contributed by atoms with Gasteiger partial charge in [-0.1, -0.05) is 13.8 Å². The number of nitrogens with one attached hydrogen (secondary N) is 1. The third kappa shape index (κ3) is 4.62. The van der Waals surface area contributed by atoms with Gasteiger partial charge in [-0.25, -0.2) is 4.79 Å². The third-order valence-corrected chi connectivity index (χ3v) is 3.35. The maximum absolute atomic E-state index is 11.7. The van der Waals surface area contributed by atoms with Crippen LogP contribution < -0.4 is 5.32 Å². The van der Waals surface area contributed by atoms with E-state index in [1.807, 2.05) is 36.4 Å². The van der Waals surface area contributed by atoms with Crippen molar-refractivity contribution in [3.05, 3.63) is 31.9 Å². The number of esters is 1. The standard InChI is InChI=1S/C13H17IN2O4/c1-8(2)6-11(13(17)20-3)15-10-5-4-9(14)7-12(10)16(18)19/h4-5,7-8,11,15H,6H2,1-3H3. The fourth-order valence-corrected chi connectivity index (χ4v) is 2.27. The van der Waals surface area contributed by atoms with Gasteiger partial charge in [-0.05, 0) is 47.1 Å². The number of carbonyl (C=O) groups excluding carboxylic acids is 1. The number of carbonyl (C=O) groups is 1. The number of nitro groups is 1. The second kappa shape index (κ2) is 7.41. The monoisotopic (exact) mass is 392 g/mol. The Kier molecular flexibility index (Phi) is 6.18. The number of nitro benzene ring substituents is 1. The van der Waals surface area contributed by atoms with Crippen molar-refractivity contribution < 1.29 is 14.5 Å². The topological polar surface area (TPSA) is 81.5 Å². The van der Waals surface area contributed by atoms with Crippen LogP contribution in [-0.4, -0.2) is 24.0 Å². The maximum atomic E-state index is 11.7. The predicted molar refractivity (Wildman–Crippen MR) is 84.7 cm³/mol. The van der Waals surface area contributed by atoms with E-state index in [0.717, 1.165) is 3.57 Å². The molecule has 6 nitrogen and oxygen atoms in total. The van der Waals surface area contributed by atoms with Crippen molar-refractivity contribution in [1.29, 1.82) is 0 Å². The summed E-state index contributed by atoms with van der Waals surface area (Å²) in [6.45, 7) is 3.94. The van der Waals surface area contributed by atoms with Gasteiger partial charge < -0.3 is 10.1 Å². The molecule has 7 heteroatoms. The van der Waals surface area contributed by atoms with Gasteiger partial charge in [-0.15, -0.1) is 0 Å². The molecule has 1 aromatic rings. The van der Waals surface area contributed by atoms with Gasteiger partial charge in [0.25, 0.3) is 5.69 Å². The molecule has 110 valence electrons. The zero-order valence-electron chi connectivity index (χ0n) is 11.6. The van der Waals surface area contributed by atoms with Crippen molar-refractivity contribution in [1.82, 2.24) is 0 Å². The summed E-state index contributed by atoms with van der Waals surface area (Å²) in [5, 5.41) is 14.0. The molecule has 1 N–H and O–H groups in total. The minimum absolute atomic E-state index is 0.0467. The number of halogens is 1. The van der Waals surface area contributed by atoms with Gasteiger partial charge in [-0.2, -0.15) is 0 Å². The molecule has 1 aromatic carbocycles. The Morgan fingerprint density at radius 1 is 1.50 bits per heavy atom. The van der Waals surface area contributed by atoms with E-state index in [2.05, 4.69) is 5.32 Å². The summed E-state index contributed by atoms with van der Waals surface area (Å²) >= 11 is 2.01. The summed E-state index contributed by atoms with van der Waals surface area (Å²) in [5.74, 6) is -0.166. The second-order valence-corrected chi connectivity index (χ2v) is 6.01. The highest BCUT2D eigenvalue weighted by Gasteiger charge is 2.24. The maximum Gasteiger partial charge on any atom is 0.328 e. The number of ether oxygens (including phenoxy) is 1. The molecule has 1 unspecified atom stereocenters. The van der Waals surface area contributed by atoms with Gasteiger partial charge in [0.1, 0.15) is 11.7 Å². The number of rotatable bonds is 6. The first-order valence-electron chi connectivity index (χ1n) is 6.13. The zero-order chi connectivity index (χ0) is 15.3. The molecule has 0 aromatic heterocycles. The lowest BCUT2D eigenvalue weighted by molar-refractivity contribution is -0.384. The van der Waals surface area contributed by atoms with Crippen molar-refractivity contribution in [2.75, 3.05) is 12.4 Å². The van der Waals surface area contributed by atoms with Gasteiger partial charge in [0.15, 0.2) is 0 Å². The van der Waals surface area contributed by atoms with E-state index in [1.54, 1.807) is 12.1 Å². The predicted octanol–water partition coefficient (Wildman–Crippen LogP) is 3.20. The lowest BCUT2D eigenvalue weighted by Gasteiger charge is -2.19. The minimum Gasteiger partial charge on any atom is -0.467 e. The number of benzene rings is 1. The molecule has 0 radical (unpaired) electrons. The molecule has 20 heavy (non-hydrogen) atoms. The van der Waals surface area contributed by atoms with E-state index in [9.17, 15) is 14.9 Å². The molecule has 0 aliphatic carbocycles. The molecule has 0 saturated heterocycles. The SMILES string of the molecule is COC(=O)C(CC(C)C)Nc1ccc(I)cc1[N+](=O)[O-]. The van der Waals surface area contributed by atoms with Crippen LogP contribution in [0.15, 0.2) is 18.2 Å². The summed E-state index contributed by atoms with van der Waals surface area (Å²) in [5.41, 5.74) is 0.279. The Bertz CT molecular complexity index is 505. The summed E-state index contributed by atoms with van der Waals surface area (Å²) in [6, 6.07) is 4.22. The van der Waals surface area contributed by atoms with Crippen LogP contribution in [0.5, 0.6) is 0 Å². The molecule has 0 aliphatic rings.